The Morgan fingerprint density at radius 2 is 1.77 bits per heavy atom. The van der Waals surface area contributed by atoms with E-state index in [4.69, 9.17) is 15.0 Å². The van der Waals surface area contributed by atoms with Gasteiger partial charge in [-0.2, -0.15) is 5.26 Å². The summed E-state index contributed by atoms with van der Waals surface area (Å²) in [4.78, 5) is 18.0. The molecule has 53 heavy (non-hydrogen) atoms. The van der Waals surface area contributed by atoms with Crippen LogP contribution in [0.1, 0.15) is 77.0 Å². The standard InChI is InChI=1S/C25H25N3.C20H24N4O/c1-16-19(23-11-4-7-18-6-3-10-22(18)23)8-5-9-20(16)24-13-12-21(17(2)28-24)25-26-14-15-27-25;1-5-19(14(2)3)23-12-18-7-6-15(4)24-20(18)25-13-17-8-16(9-21)10-22-11-17/h4-5,7-9,11-13H,3,6,10,14-15H2,1-2H3,(H,26,27);6-8,10-11,19,23H,2,5,12-13H2,1,3-4H3. The van der Waals surface area contributed by atoms with Gasteiger partial charge in [0.1, 0.15) is 18.5 Å². The molecule has 2 N–H and O–H groups in total. The summed E-state index contributed by atoms with van der Waals surface area (Å²) < 4.78 is 5.91. The zero-order valence-electron chi connectivity index (χ0n) is 31.6. The molecule has 7 rings (SSSR count). The number of aliphatic imine (C=N–C) groups is 1. The molecule has 8 nitrogen and oxygen atoms in total. The molecule has 0 radical (unpaired) electrons. The quantitative estimate of drug-likeness (QED) is 0.133. The van der Waals surface area contributed by atoms with E-state index in [-0.39, 0.29) is 6.04 Å². The smallest absolute Gasteiger partial charge is 0.218 e. The van der Waals surface area contributed by atoms with E-state index in [1.165, 1.54) is 58.8 Å². The molecule has 3 aromatic heterocycles. The molecule has 5 aromatic rings. The third-order valence-corrected chi connectivity index (χ3v) is 9.98. The summed E-state index contributed by atoms with van der Waals surface area (Å²) in [5, 5.41) is 15.8. The molecule has 0 bridgehead atoms. The Bertz CT molecular complexity index is 2180. The summed E-state index contributed by atoms with van der Waals surface area (Å²) in [5.41, 5.74) is 15.8. The first-order valence-corrected chi connectivity index (χ1v) is 18.5. The lowest BCUT2D eigenvalue weighted by molar-refractivity contribution is 0.288. The third kappa shape index (κ3) is 8.88. The fraction of sp³-hybridized carbons (Fsp3) is 0.311. The van der Waals surface area contributed by atoms with E-state index in [0.717, 1.165) is 64.7 Å². The van der Waals surface area contributed by atoms with Gasteiger partial charge in [0.2, 0.25) is 5.88 Å². The molecule has 0 saturated carbocycles. The maximum absolute atomic E-state index is 8.96. The van der Waals surface area contributed by atoms with Gasteiger partial charge in [-0.15, -0.1) is 0 Å². The highest BCUT2D eigenvalue weighted by Crippen LogP contribution is 2.37. The van der Waals surface area contributed by atoms with E-state index in [1.54, 1.807) is 12.3 Å². The van der Waals surface area contributed by atoms with Crippen LogP contribution < -0.4 is 15.4 Å². The molecule has 0 amide bonds. The second-order valence-electron chi connectivity index (χ2n) is 13.8. The highest BCUT2D eigenvalue weighted by atomic mass is 16.5. The number of pyridine rings is 3. The highest BCUT2D eigenvalue weighted by molar-refractivity contribution is 6.00. The number of hydrogen-bond acceptors (Lipinski definition) is 8. The number of rotatable bonds is 11. The monoisotopic (exact) mass is 703 g/mol. The maximum atomic E-state index is 8.96. The molecular weight excluding hydrogens is 655 g/mol. The number of ether oxygens (including phenoxy) is 1. The predicted octanol–water partition coefficient (Wildman–Crippen LogP) is 8.55. The molecule has 1 aliphatic carbocycles. The number of nitrogens with zero attached hydrogens (tertiary/aromatic N) is 5. The Balaban J connectivity index is 0.000000183. The van der Waals surface area contributed by atoms with Crippen LogP contribution in [0, 0.1) is 32.1 Å². The van der Waals surface area contributed by atoms with Gasteiger partial charge in [-0.3, -0.25) is 15.0 Å². The van der Waals surface area contributed by atoms with Crippen molar-refractivity contribution >= 4 is 5.84 Å². The SMILES string of the molecule is C=C(C)C(CC)NCc1ccc(C)nc1OCc1cncc(C#N)c1.Cc1nc(-c2cccc(-c3cccc4c3CCC4)c2C)ccc1C1=NCCN1. The molecule has 0 saturated heterocycles. The van der Waals surface area contributed by atoms with Crippen molar-refractivity contribution in [2.45, 2.75) is 79.5 Å². The Kier molecular flexibility index (Phi) is 12.1. The van der Waals surface area contributed by atoms with E-state index >= 15 is 0 Å². The summed E-state index contributed by atoms with van der Waals surface area (Å²) in [6, 6.07) is 25.8. The Hall–Kier alpha value is -5.65. The van der Waals surface area contributed by atoms with Crippen molar-refractivity contribution < 1.29 is 4.74 Å². The van der Waals surface area contributed by atoms with Gasteiger partial charge in [-0.05, 0) is 105 Å². The van der Waals surface area contributed by atoms with Gasteiger partial charge >= 0.3 is 0 Å². The summed E-state index contributed by atoms with van der Waals surface area (Å²) in [6.45, 7) is 17.2. The summed E-state index contributed by atoms with van der Waals surface area (Å²) in [7, 11) is 0. The van der Waals surface area contributed by atoms with Gasteiger partial charge in [0.05, 0.1) is 17.8 Å². The second-order valence-corrected chi connectivity index (χ2v) is 13.8. The molecule has 1 unspecified atom stereocenters. The summed E-state index contributed by atoms with van der Waals surface area (Å²) in [5.74, 6) is 1.58. The van der Waals surface area contributed by atoms with E-state index in [0.29, 0.717) is 24.6 Å². The van der Waals surface area contributed by atoms with E-state index < -0.39 is 0 Å². The largest absolute Gasteiger partial charge is 0.472 e. The van der Waals surface area contributed by atoms with Crippen LogP contribution in [-0.4, -0.2) is 39.9 Å². The van der Waals surface area contributed by atoms with Crippen molar-refractivity contribution in [3.8, 4) is 34.3 Å². The molecule has 8 heteroatoms. The molecule has 4 heterocycles. The topological polar surface area (TPSA) is 108 Å². The number of fused-ring (bicyclic) bond motifs is 1. The van der Waals surface area contributed by atoms with Gasteiger partial charge < -0.3 is 15.4 Å². The van der Waals surface area contributed by atoms with Crippen molar-refractivity contribution in [3.63, 3.8) is 0 Å². The van der Waals surface area contributed by atoms with Crippen LogP contribution in [0.4, 0.5) is 0 Å². The van der Waals surface area contributed by atoms with Crippen LogP contribution in [0.15, 0.2) is 96.3 Å². The lowest BCUT2D eigenvalue weighted by atomic mass is 9.90. The highest BCUT2D eigenvalue weighted by Gasteiger charge is 2.19. The number of nitriles is 1. The van der Waals surface area contributed by atoms with Gasteiger partial charge in [0.25, 0.3) is 0 Å². The van der Waals surface area contributed by atoms with E-state index in [9.17, 15) is 0 Å². The molecule has 2 aromatic carbocycles. The molecule has 270 valence electrons. The van der Waals surface area contributed by atoms with Crippen molar-refractivity contribution in [1.29, 1.82) is 5.26 Å². The lowest BCUT2D eigenvalue weighted by Gasteiger charge is -2.18. The first-order chi connectivity index (χ1) is 25.7. The second kappa shape index (κ2) is 17.2. The minimum absolute atomic E-state index is 0.269. The minimum atomic E-state index is 0.269. The van der Waals surface area contributed by atoms with Gasteiger partial charge in [0, 0.05) is 65.2 Å². The number of aromatic nitrogens is 3. The van der Waals surface area contributed by atoms with Crippen LogP contribution in [0.3, 0.4) is 0 Å². The van der Waals surface area contributed by atoms with Crippen molar-refractivity contribution in [1.82, 2.24) is 25.6 Å². The van der Waals surface area contributed by atoms with Gasteiger partial charge in [0.15, 0.2) is 0 Å². The normalized spacial score (nSPS) is 13.5. The van der Waals surface area contributed by atoms with Gasteiger partial charge in [-0.25, -0.2) is 4.98 Å². The zero-order chi connectivity index (χ0) is 37.3. The van der Waals surface area contributed by atoms with Crippen LogP contribution in [0.5, 0.6) is 5.88 Å². The van der Waals surface area contributed by atoms with Gasteiger partial charge in [-0.1, -0.05) is 61.5 Å². The average Bonchev–Trinajstić information content (AvgIpc) is 3.89. The number of hydrogen-bond donors (Lipinski definition) is 2. The number of nitrogens with one attached hydrogen (secondary N) is 2. The fourth-order valence-electron chi connectivity index (χ4n) is 7.12. The van der Waals surface area contributed by atoms with E-state index in [1.807, 2.05) is 26.0 Å². The van der Waals surface area contributed by atoms with Crippen LogP contribution in [0.2, 0.25) is 0 Å². The van der Waals surface area contributed by atoms with Crippen LogP contribution >= 0.6 is 0 Å². The predicted molar refractivity (Wildman–Crippen MR) is 214 cm³/mol. The first-order valence-electron chi connectivity index (χ1n) is 18.5. The first kappa shape index (κ1) is 37.1. The Morgan fingerprint density at radius 3 is 2.53 bits per heavy atom. The van der Waals surface area contributed by atoms with Crippen molar-refractivity contribution in [2.24, 2.45) is 4.99 Å². The third-order valence-electron chi connectivity index (χ3n) is 9.98. The van der Waals surface area contributed by atoms with E-state index in [2.05, 4.69) is 108 Å². The van der Waals surface area contributed by atoms with Crippen molar-refractivity contribution in [3.05, 3.63) is 142 Å². The Labute approximate surface area is 314 Å². The van der Waals surface area contributed by atoms with Crippen LogP contribution in [-0.2, 0) is 26.0 Å². The average molecular weight is 704 g/mol. The molecule has 1 aliphatic heterocycles. The number of amidine groups is 1. The number of aryl methyl sites for hydroxylation is 3. The minimum Gasteiger partial charge on any atom is -0.472 e. The summed E-state index contributed by atoms with van der Waals surface area (Å²) in [6.07, 6.45) is 7.88. The molecule has 0 spiro atoms. The molecular formula is C45H49N7O. The van der Waals surface area contributed by atoms with Crippen molar-refractivity contribution in [2.75, 3.05) is 13.1 Å². The van der Waals surface area contributed by atoms with Crippen LogP contribution in [0.25, 0.3) is 22.4 Å². The molecule has 2 aliphatic rings. The lowest BCUT2D eigenvalue weighted by Crippen LogP contribution is -2.28. The molecule has 1 atom stereocenters. The molecule has 0 fully saturated rings. The zero-order valence-corrected chi connectivity index (χ0v) is 31.6. The number of benzene rings is 2. The maximum Gasteiger partial charge on any atom is 0.218 e. The Morgan fingerprint density at radius 1 is 0.962 bits per heavy atom. The fourth-order valence-corrected chi connectivity index (χ4v) is 7.12. The summed E-state index contributed by atoms with van der Waals surface area (Å²) >= 11 is 0.